The molecule has 0 saturated heterocycles. The van der Waals surface area contributed by atoms with Crippen molar-refractivity contribution in [2.45, 2.75) is 26.2 Å². The highest BCUT2D eigenvalue weighted by molar-refractivity contribution is 5.41. The Balaban J connectivity index is 2.58. The molecule has 0 aromatic carbocycles. The molecule has 0 aliphatic heterocycles. The third kappa shape index (κ3) is 1.66. The molecule has 0 bridgehead atoms. The molecule has 0 amide bonds. The number of hydrogen-bond donors (Lipinski definition) is 1. The third-order valence-corrected chi connectivity index (χ3v) is 2.32. The normalized spacial score (nSPS) is 12.0. The van der Waals surface area contributed by atoms with Gasteiger partial charge in [0.15, 0.2) is 11.6 Å². The molecular weight excluding hydrogens is 204 g/mol. The van der Waals surface area contributed by atoms with E-state index in [1.165, 1.54) is 0 Å². The summed E-state index contributed by atoms with van der Waals surface area (Å²) in [6.45, 7) is 6.21. The van der Waals surface area contributed by atoms with E-state index < -0.39 is 0 Å². The summed E-state index contributed by atoms with van der Waals surface area (Å²) >= 11 is 0. The van der Waals surface area contributed by atoms with Crippen LogP contribution < -0.4 is 5.73 Å². The van der Waals surface area contributed by atoms with Gasteiger partial charge in [0.05, 0.1) is 5.69 Å². The van der Waals surface area contributed by atoms with Crippen LogP contribution in [0.25, 0.3) is 5.82 Å². The zero-order chi connectivity index (χ0) is 11.9. The second kappa shape index (κ2) is 3.33. The van der Waals surface area contributed by atoms with E-state index in [9.17, 15) is 0 Å². The quantitative estimate of drug-likeness (QED) is 0.774. The second-order valence-electron chi connectivity index (χ2n) is 4.83. The maximum Gasteiger partial charge on any atom is 0.177 e. The van der Waals surface area contributed by atoms with Crippen LogP contribution >= 0.6 is 0 Å². The first kappa shape index (κ1) is 10.7. The molecule has 2 aromatic heterocycles. The van der Waals surface area contributed by atoms with E-state index in [1.54, 1.807) is 9.36 Å². The van der Waals surface area contributed by atoms with Crippen molar-refractivity contribution in [1.82, 2.24) is 24.8 Å². The van der Waals surface area contributed by atoms with Crippen LogP contribution in [-0.4, -0.2) is 24.8 Å². The largest absolute Gasteiger partial charge is 0.381 e. The van der Waals surface area contributed by atoms with Crippen molar-refractivity contribution >= 4 is 5.82 Å². The molecule has 2 aromatic rings. The van der Waals surface area contributed by atoms with Crippen molar-refractivity contribution < 1.29 is 0 Å². The van der Waals surface area contributed by atoms with Crippen molar-refractivity contribution in [3.63, 3.8) is 0 Å². The highest BCUT2D eigenvalue weighted by Crippen LogP contribution is 2.27. The Morgan fingerprint density at radius 1 is 1.31 bits per heavy atom. The van der Waals surface area contributed by atoms with E-state index in [1.807, 2.05) is 19.3 Å². The summed E-state index contributed by atoms with van der Waals surface area (Å²) in [5.74, 6) is 1.19. The minimum absolute atomic E-state index is 0.120. The number of nitrogens with zero attached hydrogens (tertiary/aromatic N) is 5. The molecule has 0 aliphatic rings. The topological polar surface area (TPSA) is 74.5 Å². The van der Waals surface area contributed by atoms with E-state index in [4.69, 9.17) is 5.73 Å². The fourth-order valence-electron chi connectivity index (χ4n) is 1.67. The fraction of sp³-hybridized carbons (Fsp3) is 0.500. The summed E-state index contributed by atoms with van der Waals surface area (Å²) in [6, 6.07) is 1.88. The molecule has 0 saturated carbocycles. The monoisotopic (exact) mass is 220 g/mol. The van der Waals surface area contributed by atoms with Gasteiger partial charge in [-0.15, -0.1) is 5.10 Å². The first-order valence-corrected chi connectivity index (χ1v) is 5.11. The number of aromatic nitrogens is 5. The molecule has 0 aliphatic carbocycles. The van der Waals surface area contributed by atoms with Crippen LogP contribution in [0.3, 0.4) is 0 Å². The molecule has 86 valence electrons. The molecule has 2 heterocycles. The average molecular weight is 220 g/mol. The fourth-order valence-corrected chi connectivity index (χ4v) is 1.67. The molecule has 0 fully saturated rings. The van der Waals surface area contributed by atoms with Crippen molar-refractivity contribution in [3.05, 3.63) is 18.0 Å². The maximum absolute atomic E-state index is 5.84. The lowest BCUT2D eigenvalue weighted by Crippen LogP contribution is -2.19. The lowest BCUT2D eigenvalue weighted by Gasteiger charge is -2.18. The lowest BCUT2D eigenvalue weighted by atomic mass is 9.92. The van der Waals surface area contributed by atoms with E-state index >= 15 is 0 Å². The van der Waals surface area contributed by atoms with Crippen molar-refractivity contribution in [2.24, 2.45) is 7.05 Å². The summed E-state index contributed by atoms with van der Waals surface area (Å²) in [7, 11) is 1.86. The summed E-state index contributed by atoms with van der Waals surface area (Å²) in [4.78, 5) is 0. The van der Waals surface area contributed by atoms with E-state index in [-0.39, 0.29) is 5.41 Å². The Kier molecular flexibility index (Phi) is 2.22. The zero-order valence-corrected chi connectivity index (χ0v) is 9.97. The van der Waals surface area contributed by atoms with Crippen LogP contribution in [0.4, 0.5) is 5.82 Å². The third-order valence-electron chi connectivity index (χ3n) is 2.32. The predicted molar refractivity (Wildman–Crippen MR) is 61.2 cm³/mol. The van der Waals surface area contributed by atoms with Gasteiger partial charge in [-0.05, 0) is 0 Å². The maximum atomic E-state index is 5.84. The number of anilines is 1. The first-order chi connectivity index (χ1) is 7.39. The summed E-state index contributed by atoms with van der Waals surface area (Å²) in [6.07, 6.45) is 1.86. The molecule has 0 radical (unpaired) electrons. The van der Waals surface area contributed by atoms with Gasteiger partial charge in [0, 0.05) is 24.7 Å². The number of nitrogen functional groups attached to an aromatic ring is 1. The first-order valence-electron chi connectivity index (χ1n) is 5.11. The van der Waals surface area contributed by atoms with Gasteiger partial charge in [-0.25, -0.2) is 0 Å². The highest BCUT2D eigenvalue weighted by atomic mass is 15.5. The summed E-state index contributed by atoms with van der Waals surface area (Å²) in [5, 5.41) is 12.2. The molecule has 2 N–H and O–H groups in total. The number of aryl methyl sites for hydroxylation is 1. The SMILES string of the molecule is Cn1ccc(-n2nnc(N)c2C(C)(C)C)n1. The van der Waals surface area contributed by atoms with Crippen LogP contribution in [0.2, 0.25) is 0 Å². The Morgan fingerprint density at radius 3 is 2.50 bits per heavy atom. The molecule has 2 rings (SSSR count). The van der Waals surface area contributed by atoms with Gasteiger partial charge in [0.1, 0.15) is 0 Å². The molecule has 0 spiro atoms. The second-order valence-corrected chi connectivity index (χ2v) is 4.83. The van der Waals surface area contributed by atoms with E-state index in [0.717, 1.165) is 11.5 Å². The van der Waals surface area contributed by atoms with Gasteiger partial charge in [-0.3, -0.25) is 4.68 Å². The Morgan fingerprint density at radius 2 is 2.00 bits per heavy atom. The predicted octanol–water partition coefficient (Wildman–Crippen LogP) is 0.880. The molecule has 0 atom stereocenters. The minimum Gasteiger partial charge on any atom is -0.381 e. The molecular formula is C10H16N6. The zero-order valence-electron chi connectivity index (χ0n) is 9.97. The molecule has 16 heavy (non-hydrogen) atoms. The number of rotatable bonds is 1. The van der Waals surface area contributed by atoms with Crippen LogP contribution in [0.15, 0.2) is 12.3 Å². The summed E-state index contributed by atoms with van der Waals surface area (Å²) in [5.41, 5.74) is 6.60. The van der Waals surface area contributed by atoms with Crippen LogP contribution in [0.5, 0.6) is 0 Å². The Labute approximate surface area is 94.1 Å². The summed E-state index contributed by atoms with van der Waals surface area (Å²) < 4.78 is 3.41. The highest BCUT2D eigenvalue weighted by Gasteiger charge is 2.25. The van der Waals surface area contributed by atoms with Crippen molar-refractivity contribution in [3.8, 4) is 5.82 Å². The smallest absolute Gasteiger partial charge is 0.177 e. The van der Waals surface area contributed by atoms with Gasteiger partial charge in [-0.1, -0.05) is 26.0 Å². The molecule has 0 unspecified atom stereocenters. The van der Waals surface area contributed by atoms with E-state index in [2.05, 4.69) is 36.2 Å². The van der Waals surface area contributed by atoms with Gasteiger partial charge >= 0.3 is 0 Å². The molecule has 6 heteroatoms. The average Bonchev–Trinajstić information content (AvgIpc) is 2.70. The Bertz CT molecular complexity index is 502. The number of hydrogen-bond acceptors (Lipinski definition) is 4. The van der Waals surface area contributed by atoms with Crippen molar-refractivity contribution in [1.29, 1.82) is 0 Å². The van der Waals surface area contributed by atoms with Gasteiger partial charge < -0.3 is 5.73 Å². The van der Waals surface area contributed by atoms with Crippen LogP contribution in [0.1, 0.15) is 26.5 Å². The van der Waals surface area contributed by atoms with Crippen LogP contribution in [0, 0.1) is 0 Å². The minimum atomic E-state index is -0.120. The van der Waals surface area contributed by atoms with Crippen molar-refractivity contribution in [2.75, 3.05) is 5.73 Å². The van der Waals surface area contributed by atoms with Gasteiger partial charge in [-0.2, -0.15) is 9.78 Å². The number of nitrogens with two attached hydrogens (primary N) is 1. The van der Waals surface area contributed by atoms with Crippen LogP contribution in [-0.2, 0) is 12.5 Å². The lowest BCUT2D eigenvalue weighted by molar-refractivity contribution is 0.539. The molecule has 6 nitrogen and oxygen atoms in total. The van der Waals surface area contributed by atoms with E-state index in [0.29, 0.717) is 5.82 Å². The Hall–Kier alpha value is -1.85. The standard InChI is InChI=1S/C10H16N6/c1-10(2,3)8-9(11)12-14-16(8)7-5-6-15(4)13-7/h5-6H,11H2,1-4H3. The van der Waals surface area contributed by atoms with Gasteiger partial charge in [0.2, 0.25) is 0 Å². The van der Waals surface area contributed by atoms with Gasteiger partial charge in [0.25, 0.3) is 0 Å².